The number of ether oxygens (including phenoxy) is 1. The van der Waals surface area contributed by atoms with Crippen molar-refractivity contribution in [2.24, 2.45) is 0 Å². The number of carbonyl (C=O) groups excluding carboxylic acids is 2. The van der Waals surface area contributed by atoms with E-state index >= 15 is 0 Å². The highest BCUT2D eigenvalue weighted by Crippen LogP contribution is 2.17. The third-order valence-corrected chi connectivity index (χ3v) is 12.2. The summed E-state index contributed by atoms with van der Waals surface area (Å²) in [5, 5.41) is 23.2. The number of aliphatic hydroxyl groups is 2. The smallest absolute Gasteiger partial charge is 0.305 e. The van der Waals surface area contributed by atoms with E-state index < -0.39 is 12.1 Å². The summed E-state index contributed by atoms with van der Waals surface area (Å²) < 4.78 is 5.42. The predicted molar refractivity (Wildman–Crippen MR) is 260 cm³/mol. The Kier molecular flexibility index (Phi) is 48.6. The van der Waals surface area contributed by atoms with E-state index in [0.717, 1.165) is 70.6 Å². The number of carbonyl (C=O) groups is 2. The molecule has 0 aromatic rings. The van der Waals surface area contributed by atoms with E-state index in [1.165, 1.54) is 180 Å². The normalized spacial score (nSPS) is 12.8. The summed E-state index contributed by atoms with van der Waals surface area (Å²) in [5.74, 6) is -0.139. The molecule has 0 heterocycles. The number of unbranched alkanes of at least 4 members (excludes halogenated alkanes) is 34. The van der Waals surface area contributed by atoms with Crippen molar-refractivity contribution in [1.82, 2.24) is 5.32 Å². The molecule has 0 rings (SSSR count). The number of hydrogen-bond donors (Lipinski definition) is 3. The van der Waals surface area contributed by atoms with E-state index in [-0.39, 0.29) is 18.5 Å². The molecule has 0 aromatic heterocycles. The van der Waals surface area contributed by atoms with Crippen LogP contribution in [0.25, 0.3) is 0 Å². The summed E-state index contributed by atoms with van der Waals surface area (Å²) in [6, 6.07) is -0.580. The van der Waals surface area contributed by atoms with Crippen LogP contribution in [0.5, 0.6) is 0 Å². The highest BCUT2D eigenvalue weighted by atomic mass is 16.5. The molecule has 2 atom stereocenters. The molecule has 354 valence electrons. The fourth-order valence-electron chi connectivity index (χ4n) is 8.11. The monoisotopic (exact) mass is 846 g/mol. The molecule has 60 heavy (non-hydrogen) atoms. The molecule has 0 bridgehead atoms. The zero-order valence-electron chi connectivity index (χ0n) is 40.2. The lowest BCUT2D eigenvalue weighted by Gasteiger charge is -2.22. The van der Waals surface area contributed by atoms with Crippen molar-refractivity contribution in [3.05, 3.63) is 24.3 Å². The topological polar surface area (TPSA) is 95.9 Å². The van der Waals surface area contributed by atoms with Crippen LogP contribution < -0.4 is 5.32 Å². The summed E-state index contributed by atoms with van der Waals surface area (Å²) in [7, 11) is 0. The Labute approximate surface area is 373 Å². The van der Waals surface area contributed by atoms with Gasteiger partial charge in [-0.3, -0.25) is 9.59 Å². The molecule has 1 amide bonds. The fourth-order valence-corrected chi connectivity index (χ4v) is 8.11. The lowest BCUT2D eigenvalue weighted by atomic mass is 10.0. The first-order valence-electron chi connectivity index (χ1n) is 26.6. The van der Waals surface area contributed by atoms with Gasteiger partial charge in [0.25, 0.3) is 0 Å². The molecule has 0 aliphatic carbocycles. The summed E-state index contributed by atoms with van der Waals surface area (Å²) >= 11 is 0. The second-order valence-corrected chi connectivity index (χ2v) is 18.2. The van der Waals surface area contributed by atoms with Gasteiger partial charge < -0.3 is 20.3 Å². The number of nitrogens with one attached hydrogen (secondary N) is 1. The molecule has 0 saturated carbocycles. The number of allylic oxidation sites excluding steroid dienone is 4. The average Bonchev–Trinajstić information content (AvgIpc) is 3.25. The molecule has 3 N–H and O–H groups in total. The van der Waals surface area contributed by atoms with Crippen LogP contribution in [0.15, 0.2) is 24.3 Å². The maximum atomic E-state index is 12.4. The lowest BCUT2D eigenvalue weighted by molar-refractivity contribution is -0.143. The molecule has 0 aliphatic heterocycles. The first-order valence-corrected chi connectivity index (χ1v) is 26.6. The lowest BCUT2D eigenvalue weighted by Crippen LogP contribution is -2.45. The molecule has 0 fully saturated rings. The minimum atomic E-state index is -0.696. The van der Waals surface area contributed by atoms with Gasteiger partial charge in [0, 0.05) is 12.8 Å². The number of amides is 1. The van der Waals surface area contributed by atoms with Crippen molar-refractivity contribution >= 4 is 11.9 Å². The Morgan fingerprint density at radius 3 is 1.25 bits per heavy atom. The largest absolute Gasteiger partial charge is 0.466 e. The van der Waals surface area contributed by atoms with Gasteiger partial charge >= 0.3 is 5.97 Å². The molecule has 0 spiro atoms. The van der Waals surface area contributed by atoms with Gasteiger partial charge in [-0.1, -0.05) is 224 Å². The van der Waals surface area contributed by atoms with Crippen LogP contribution in [-0.2, 0) is 14.3 Å². The van der Waals surface area contributed by atoms with E-state index in [9.17, 15) is 19.8 Å². The molecule has 0 radical (unpaired) electrons. The van der Waals surface area contributed by atoms with Crippen molar-refractivity contribution in [3.63, 3.8) is 0 Å². The van der Waals surface area contributed by atoms with Gasteiger partial charge in [-0.05, 0) is 70.6 Å². The molecule has 0 aromatic carbocycles. The Bertz CT molecular complexity index is 935. The van der Waals surface area contributed by atoms with Crippen molar-refractivity contribution in [3.8, 4) is 0 Å². The molecule has 6 nitrogen and oxygen atoms in total. The fraction of sp³-hybridized carbons (Fsp3) is 0.889. The van der Waals surface area contributed by atoms with Crippen LogP contribution in [0.3, 0.4) is 0 Å². The molecule has 6 heteroatoms. The van der Waals surface area contributed by atoms with Crippen LogP contribution in [-0.4, -0.2) is 47.4 Å². The van der Waals surface area contributed by atoms with Crippen LogP contribution in [0, 0.1) is 0 Å². The van der Waals surface area contributed by atoms with Crippen molar-refractivity contribution < 1.29 is 24.5 Å². The van der Waals surface area contributed by atoms with Gasteiger partial charge in [0.1, 0.15) is 0 Å². The minimum absolute atomic E-state index is 0.0453. The third kappa shape index (κ3) is 45.9. The third-order valence-electron chi connectivity index (χ3n) is 12.2. The van der Waals surface area contributed by atoms with Gasteiger partial charge in [0.05, 0.1) is 25.4 Å². The van der Waals surface area contributed by atoms with Crippen LogP contribution in [0.2, 0.25) is 0 Å². The quantitative estimate of drug-likeness (QED) is 0.0322. The van der Waals surface area contributed by atoms with E-state index in [4.69, 9.17) is 4.74 Å². The maximum absolute atomic E-state index is 12.4. The predicted octanol–water partition coefficient (Wildman–Crippen LogP) is 15.9. The Hall–Kier alpha value is -1.66. The minimum Gasteiger partial charge on any atom is -0.466 e. The number of rotatable bonds is 49. The van der Waals surface area contributed by atoms with Gasteiger partial charge in [-0.25, -0.2) is 0 Å². The van der Waals surface area contributed by atoms with E-state index in [1.54, 1.807) is 0 Å². The zero-order valence-corrected chi connectivity index (χ0v) is 40.2. The molecule has 0 aliphatic rings. The van der Waals surface area contributed by atoms with Crippen molar-refractivity contribution in [1.29, 1.82) is 0 Å². The second-order valence-electron chi connectivity index (χ2n) is 18.2. The average molecular weight is 846 g/mol. The standard InChI is InChI=1S/C54H103NO5/c1-3-5-7-9-11-13-15-17-18-19-20-21-22-23-24-25-26-27-30-34-38-42-46-52(57)51(50-56)55-53(58)47-43-39-35-31-29-33-37-41-45-49-60-54(59)48-44-40-36-32-28-16-14-12-10-8-6-4-2/h12,14,31,35,51-52,56-57H,3-11,13,15-30,32-34,36-50H2,1-2H3,(H,55,58)/b14-12-,35-31-. The molecular weight excluding hydrogens is 743 g/mol. The van der Waals surface area contributed by atoms with Crippen LogP contribution in [0.4, 0.5) is 0 Å². The highest BCUT2D eigenvalue weighted by Gasteiger charge is 2.20. The maximum Gasteiger partial charge on any atom is 0.305 e. The van der Waals surface area contributed by atoms with Gasteiger partial charge in [-0.2, -0.15) is 0 Å². The van der Waals surface area contributed by atoms with Crippen LogP contribution >= 0.6 is 0 Å². The van der Waals surface area contributed by atoms with E-state index in [2.05, 4.69) is 43.5 Å². The SMILES string of the molecule is CCCCC/C=C\CCCCCCCC(=O)OCCCCCC/C=C\CCCC(=O)NC(CO)C(O)CCCCCCCCCCCCCCCCCCCCCCCC. The highest BCUT2D eigenvalue weighted by molar-refractivity contribution is 5.76. The number of aliphatic hydroxyl groups excluding tert-OH is 2. The zero-order chi connectivity index (χ0) is 43.7. The van der Waals surface area contributed by atoms with Crippen LogP contribution in [0.1, 0.15) is 284 Å². The van der Waals surface area contributed by atoms with Gasteiger partial charge in [0.15, 0.2) is 0 Å². The molecule has 2 unspecified atom stereocenters. The molecule has 0 saturated heterocycles. The van der Waals surface area contributed by atoms with Gasteiger partial charge in [0.2, 0.25) is 5.91 Å². The summed E-state index contributed by atoms with van der Waals surface area (Å²) in [4.78, 5) is 24.4. The number of esters is 1. The Morgan fingerprint density at radius 1 is 0.450 bits per heavy atom. The van der Waals surface area contributed by atoms with E-state index in [0.29, 0.717) is 25.9 Å². The Balaban J connectivity index is 3.53. The van der Waals surface area contributed by atoms with Crippen molar-refractivity contribution in [2.45, 2.75) is 296 Å². The Morgan fingerprint density at radius 2 is 0.800 bits per heavy atom. The first kappa shape index (κ1) is 58.3. The van der Waals surface area contributed by atoms with E-state index in [1.807, 2.05) is 0 Å². The second kappa shape index (κ2) is 50.0. The number of hydrogen-bond acceptors (Lipinski definition) is 5. The summed E-state index contributed by atoms with van der Waals surface area (Å²) in [5.41, 5.74) is 0. The van der Waals surface area contributed by atoms with Gasteiger partial charge in [-0.15, -0.1) is 0 Å². The summed E-state index contributed by atoms with van der Waals surface area (Å²) in [6.07, 6.45) is 58.8. The summed E-state index contributed by atoms with van der Waals surface area (Å²) in [6.45, 7) is 4.84. The molecular formula is C54H103NO5. The van der Waals surface area contributed by atoms with Crippen molar-refractivity contribution in [2.75, 3.05) is 13.2 Å². The first-order chi connectivity index (χ1) is 29.5.